The molecule has 0 radical (unpaired) electrons. The highest BCUT2D eigenvalue weighted by Gasteiger charge is 2.33. The van der Waals surface area contributed by atoms with E-state index in [-0.39, 0.29) is 24.1 Å². The summed E-state index contributed by atoms with van der Waals surface area (Å²) in [5.41, 5.74) is 1.47. The van der Waals surface area contributed by atoms with Gasteiger partial charge >= 0.3 is 0 Å². The number of nitrogens with zero attached hydrogens (tertiary/aromatic N) is 2. The molecule has 168 valence electrons. The Bertz CT molecular complexity index is 1050. The van der Waals surface area contributed by atoms with Crippen LogP contribution in [-0.2, 0) is 27.1 Å². The summed E-state index contributed by atoms with van der Waals surface area (Å²) in [5.74, 6) is 0.0935. The molecule has 1 fully saturated rings. The van der Waals surface area contributed by atoms with Gasteiger partial charge in [-0.25, -0.2) is 12.7 Å². The third-order valence-corrected chi connectivity index (χ3v) is 7.99. The van der Waals surface area contributed by atoms with E-state index in [9.17, 15) is 13.2 Å². The average molecular weight is 485 g/mol. The maximum Gasteiger partial charge on any atom is 0.227 e. The van der Waals surface area contributed by atoms with E-state index in [1.54, 1.807) is 37.3 Å². The number of methoxy groups -OCH3 is 1. The van der Waals surface area contributed by atoms with Crippen LogP contribution in [0.25, 0.3) is 0 Å². The number of piperidine rings is 1. The molecule has 1 atom stereocenters. The number of carbonyl (C=O) groups is 1. The van der Waals surface area contributed by atoms with E-state index >= 15 is 0 Å². The lowest BCUT2D eigenvalue weighted by molar-refractivity contribution is -0.135. The van der Waals surface area contributed by atoms with Gasteiger partial charge in [-0.15, -0.1) is 0 Å². The Morgan fingerprint density at radius 3 is 2.65 bits per heavy atom. The molecule has 3 rings (SSSR count). The summed E-state index contributed by atoms with van der Waals surface area (Å²) in [6.07, 6.45) is 1.30. The highest BCUT2D eigenvalue weighted by molar-refractivity contribution is 7.88. The maximum atomic E-state index is 13.0. The zero-order valence-corrected chi connectivity index (χ0v) is 19.9. The number of hydrogen-bond donors (Lipinski definition) is 0. The average Bonchev–Trinajstić information content (AvgIpc) is 2.76. The molecule has 0 N–H and O–H groups in total. The van der Waals surface area contributed by atoms with Crippen molar-refractivity contribution in [2.75, 3.05) is 27.2 Å². The second-order valence-electron chi connectivity index (χ2n) is 7.71. The van der Waals surface area contributed by atoms with Gasteiger partial charge in [-0.3, -0.25) is 4.79 Å². The standard InChI is InChI=1S/C22H26Cl2N2O4S/c1-25(13-17-6-3-4-8-21(17)30-2)22(27)18-7-5-11-26(14-18)31(28,29)15-16-9-10-19(23)20(24)12-16/h3-4,6,8-10,12,18H,5,7,11,13-15H2,1-2H3/t18-/m1/s1. The molecule has 0 aromatic heterocycles. The summed E-state index contributed by atoms with van der Waals surface area (Å²) in [6, 6.07) is 12.3. The first-order chi connectivity index (χ1) is 14.7. The van der Waals surface area contributed by atoms with Crippen LogP contribution >= 0.6 is 23.2 Å². The van der Waals surface area contributed by atoms with Crippen molar-refractivity contribution in [3.63, 3.8) is 0 Å². The summed E-state index contributed by atoms with van der Waals surface area (Å²) >= 11 is 11.9. The first-order valence-electron chi connectivity index (χ1n) is 10.00. The van der Waals surface area contributed by atoms with Gasteiger partial charge in [0, 0.05) is 32.2 Å². The maximum absolute atomic E-state index is 13.0. The third-order valence-electron chi connectivity index (χ3n) is 5.44. The van der Waals surface area contributed by atoms with Crippen LogP contribution in [0, 0.1) is 5.92 Å². The molecule has 1 heterocycles. The van der Waals surface area contributed by atoms with Crippen molar-refractivity contribution in [3.8, 4) is 5.75 Å². The predicted molar refractivity (Wildman–Crippen MR) is 123 cm³/mol. The molecule has 1 amide bonds. The van der Waals surface area contributed by atoms with Crippen LogP contribution in [0.15, 0.2) is 42.5 Å². The molecule has 1 aliphatic heterocycles. The van der Waals surface area contributed by atoms with Gasteiger partial charge in [0.1, 0.15) is 5.75 Å². The monoisotopic (exact) mass is 484 g/mol. The van der Waals surface area contributed by atoms with Gasteiger partial charge in [0.15, 0.2) is 0 Å². The van der Waals surface area contributed by atoms with Crippen molar-refractivity contribution in [2.24, 2.45) is 5.92 Å². The Balaban J connectivity index is 1.67. The van der Waals surface area contributed by atoms with Gasteiger partial charge in [0.05, 0.1) is 28.8 Å². The molecule has 2 aromatic carbocycles. The molecule has 1 saturated heterocycles. The first-order valence-corrected chi connectivity index (χ1v) is 12.4. The topological polar surface area (TPSA) is 66.9 Å². The van der Waals surface area contributed by atoms with Crippen LogP contribution in [0.1, 0.15) is 24.0 Å². The molecular weight excluding hydrogens is 459 g/mol. The Labute approximate surface area is 193 Å². The molecule has 9 heteroatoms. The number of sulfonamides is 1. The Hall–Kier alpha value is -1.80. The van der Waals surface area contributed by atoms with Gasteiger partial charge in [0.25, 0.3) is 0 Å². The van der Waals surface area contributed by atoms with E-state index in [2.05, 4.69) is 0 Å². The summed E-state index contributed by atoms with van der Waals surface area (Å²) in [4.78, 5) is 14.7. The Kier molecular flexibility index (Phi) is 7.86. The van der Waals surface area contributed by atoms with Crippen LogP contribution < -0.4 is 4.74 Å². The fraction of sp³-hybridized carbons (Fsp3) is 0.409. The third kappa shape index (κ3) is 5.92. The lowest BCUT2D eigenvalue weighted by Gasteiger charge is -2.33. The quantitative estimate of drug-likeness (QED) is 0.590. The second kappa shape index (κ2) is 10.2. The summed E-state index contributed by atoms with van der Waals surface area (Å²) < 4.78 is 32.7. The van der Waals surface area contributed by atoms with Crippen LogP contribution in [0.2, 0.25) is 10.0 Å². The van der Waals surface area contributed by atoms with Gasteiger partial charge in [-0.05, 0) is 36.6 Å². The van der Waals surface area contributed by atoms with E-state index in [1.807, 2.05) is 24.3 Å². The lowest BCUT2D eigenvalue weighted by Crippen LogP contribution is -2.46. The second-order valence-corrected chi connectivity index (χ2v) is 10.5. The molecule has 0 spiro atoms. The number of hydrogen-bond acceptors (Lipinski definition) is 4. The molecule has 1 aliphatic rings. The molecule has 0 unspecified atom stereocenters. The summed E-state index contributed by atoms with van der Waals surface area (Å²) in [5, 5.41) is 0.698. The van der Waals surface area contributed by atoms with Crippen LogP contribution in [-0.4, -0.2) is 50.8 Å². The largest absolute Gasteiger partial charge is 0.496 e. The molecule has 2 aromatic rings. The van der Waals surface area contributed by atoms with Crippen LogP contribution in [0.3, 0.4) is 0 Å². The van der Waals surface area contributed by atoms with E-state index in [0.29, 0.717) is 41.5 Å². The molecular formula is C22H26Cl2N2O4S. The van der Waals surface area contributed by atoms with Gasteiger partial charge in [-0.1, -0.05) is 47.5 Å². The fourth-order valence-electron chi connectivity index (χ4n) is 3.81. The number of benzene rings is 2. The molecule has 0 saturated carbocycles. The van der Waals surface area contributed by atoms with Crippen LogP contribution in [0.5, 0.6) is 5.75 Å². The van der Waals surface area contributed by atoms with Gasteiger partial charge < -0.3 is 9.64 Å². The zero-order chi connectivity index (χ0) is 22.6. The van der Waals surface area contributed by atoms with E-state index < -0.39 is 10.0 Å². The van der Waals surface area contributed by atoms with E-state index in [1.165, 1.54) is 4.31 Å². The molecule has 0 aliphatic carbocycles. The van der Waals surface area contributed by atoms with Crippen molar-refractivity contribution in [1.82, 2.24) is 9.21 Å². The minimum atomic E-state index is -3.59. The fourth-order valence-corrected chi connectivity index (χ4v) is 5.73. The van der Waals surface area contributed by atoms with Crippen molar-refractivity contribution >= 4 is 39.1 Å². The van der Waals surface area contributed by atoms with E-state index in [0.717, 1.165) is 11.3 Å². The van der Waals surface area contributed by atoms with Crippen molar-refractivity contribution in [1.29, 1.82) is 0 Å². The van der Waals surface area contributed by atoms with Crippen molar-refractivity contribution in [2.45, 2.75) is 25.1 Å². The number of halogens is 2. The summed E-state index contributed by atoms with van der Waals surface area (Å²) in [7, 11) is -0.257. The number of rotatable bonds is 7. The smallest absolute Gasteiger partial charge is 0.227 e. The highest BCUT2D eigenvalue weighted by Crippen LogP contribution is 2.27. The number of amides is 1. The molecule has 0 bridgehead atoms. The van der Waals surface area contributed by atoms with Crippen molar-refractivity contribution in [3.05, 3.63) is 63.6 Å². The Morgan fingerprint density at radius 1 is 1.19 bits per heavy atom. The van der Waals surface area contributed by atoms with Crippen molar-refractivity contribution < 1.29 is 17.9 Å². The van der Waals surface area contributed by atoms with Gasteiger partial charge in [0.2, 0.25) is 15.9 Å². The molecule has 6 nitrogen and oxygen atoms in total. The normalized spacial score (nSPS) is 17.4. The zero-order valence-electron chi connectivity index (χ0n) is 17.6. The van der Waals surface area contributed by atoms with E-state index in [4.69, 9.17) is 27.9 Å². The SMILES string of the molecule is COc1ccccc1CN(C)C(=O)[C@@H]1CCCN(S(=O)(=O)Cc2ccc(Cl)c(Cl)c2)C1. The number of ether oxygens (including phenoxy) is 1. The Morgan fingerprint density at radius 2 is 1.94 bits per heavy atom. The number of carbonyl (C=O) groups excluding carboxylic acids is 1. The lowest BCUT2D eigenvalue weighted by atomic mass is 9.98. The molecule has 31 heavy (non-hydrogen) atoms. The minimum Gasteiger partial charge on any atom is -0.496 e. The first kappa shape index (κ1) is 23.9. The highest BCUT2D eigenvalue weighted by atomic mass is 35.5. The minimum absolute atomic E-state index is 0.0691. The van der Waals surface area contributed by atoms with Gasteiger partial charge in [-0.2, -0.15) is 0 Å². The predicted octanol–water partition coefficient (Wildman–Crippen LogP) is 4.20. The van der Waals surface area contributed by atoms with Crippen LogP contribution in [0.4, 0.5) is 0 Å². The summed E-state index contributed by atoms with van der Waals surface area (Å²) in [6.45, 7) is 0.984. The number of para-hydroxylation sites is 1.